The molecule has 7 heteroatoms. The monoisotopic (exact) mass is 433 g/mol. The number of halogens is 2. The van der Waals surface area contributed by atoms with E-state index in [1.54, 1.807) is 49.6 Å². The van der Waals surface area contributed by atoms with Gasteiger partial charge in [-0.2, -0.15) is 0 Å². The Bertz CT molecular complexity index is 1390. The molecule has 2 heterocycles. The zero-order valence-electron chi connectivity index (χ0n) is 17.4. The predicted molar refractivity (Wildman–Crippen MR) is 117 cm³/mol. The minimum Gasteiger partial charge on any atom is -0.345 e. The van der Waals surface area contributed by atoms with Crippen molar-refractivity contribution in [2.24, 2.45) is 5.92 Å². The molecule has 4 aromatic rings. The number of amides is 1. The summed E-state index contributed by atoms with van der Waals surface area (Å²) < 4.78 is 31.4. The van der Waals surface area contributed by atoms with Gasteiger partial charge in [0.15, 0.2) is 0 Å². The van der Waals surface area contributed by atoms with E-state index in [0.717, 1.165) is 12.8 Å². The van der Waals surface area contributed by atoms with Crippen molar-refractivity contribution in [1.29, 1.82) is 0 Å². The molecule has 0 spiro atoms. The molecule has 1 saturated carbocycles. The highest BCUT2D eigenvalue weighted by Gasteiger charge is 2.34. The van der Waals surface area contributed by atoms with Crippen LogP contribution in [0.3, 0.4) is 0 Å². The molecule has 1 amide bonds. The molecule has 5 nitrogen and oxygen atoms in total. The number of fused-ring (bicyclic) bond motifs is 1. The van der Waals surface area contributed by atoms with Crippen molar-refractivity contribution in [1.82, 2.24) is 14.7 Å². The molecular weight excluding hydrogens is 412 g/mol. The highest BCUT2D eigenvalue weighted by molar-refractivity contribution is 6.08. The first-order valence-electron chi connectivity index (χ1n) is 10.5. The average molecular weight is 433 g/mol. The van der Waals surface area contributed by atoms with Gasteiger partial charge in [-0.25, -0.2) is 13.5 Å². The summed E-state index contributed by atoms with van der Waals surface area (Å²) in [5.41, 5.74) is 0.741. The van der Waals surface area contributed by atoms with Gasteiger partial charge in [-0.15, -0.1) is 0 Å². The Labute approximate surface area is 182 Å². The fourth-order valence-corrected chi connectivity index (χ4v) is 4.35. The number of pyridine rings is 1. The van der Waals surface area contributed by atoms with Crippen LogP contribution in [0.1, 0.15) is 40.5 Å². The van der Waals surface area contributed by atoms with E-state index in [2.05, 4.69) is 5.32 Å². The smallest absolute Gasteiger partial charge is 0.280 e. The second kappa shape index (κ2) is 7.75. The van der Waals surface area contributed by atoms with E-state index in [9.17, 15) is 18.4 Å². The van der Waals surface area contributed by atoms with Gasteiger partial charge in [-0.1, -0.05) is 24.3 Å². The van der Waals surface area contributed by atoms with Gasteiger partial charge < -0.3 is 5.32 Å². The van der Waals surface area contributed by atoms with E-state index >= 15 is 0 Å². The van der Waals surface area contributed by atoms with E-state index in [1.165, 1.54) is 33.6 Å². The lowest BCUT2D eigenvalue weighted by Crippen LogP contribution is -2.35. The summed E-state index contributed by atoms with van der Waals surface area (Å²) in [7, 11) is 0. The SMILES string of the molecule is Cc1c(C(=O)N[C@H](c2cccc(F)c2)C2CC2)c2cccc(F)c2c(=O)n1-n1cccc1. The van der Waals surface area contributed by atoms with E-state index in [-0.39, 0.29) is 34.1 Å². The summed E-state index contributed by atoms with van der Waals surface area (Å²) in [5, 5.41) is 3.14. The lowest BCUT2D eigenvalue weighted by molar-refractivity contribution is 0.0931. The highest BCUT2D eigenvalue weighted by Crippen LogP contribution is 2.41. The van der Waals surface area contributed by atoms with Crippen LogP contribution in [0.25, 0.3) is 10.8 Å². The fraction of sp³-hybridized carbons (Fsp3) is 0.200. The Balaban J connectivity index is 1.67. The second-order valence-electron chi connectivity index (χ2n) is 8.15. The van der Waals surface area contributed by atoms with Gasteiger partial charge >= 0.3 is 0 Å². The Morgan fingerprint density at radius 1 is 1.06 bits per heavy atom. The fourth-order valence-electron chi connectivity index (χ4n) is 4.35. The molecule has 2 aromatic carbocycles. The van der Waals surface area contributed by atoms with Crippen LogP contribution in [0.5, 0.6) is 0 Å². The Morgan fingerprint density at radius 2 is 1.78 bits per heavy atom. The van der Waals surface area contributed by atoms with Crippen LogP contribution in [0.4, 0.5) is 8.78 Å². The van der Waals surface area contributed by atoms with Crippen LogP contribution in [0.15, 0.2) is 71.8 Å². The molecule has 0 saturated heterocycles. The van der Waals surface area contributed by atoms with Gasteiger partial charge in [0, 0.05) is 17.8 Å². The van der Waals surface area contributed by atoms with E-state index in [4.69, 9.17) is 0 Å². The predicted octanol–water partition coefficient (Wildman–Crippen LogP) is 4.58. The molecule has 162 valence electrons. The molecule has 0 bridgehead atoms. The number of rotatable bonds is 5. The Morgan fingerprint density at radius 3 is 2.47 bits per heavy atom. The van der Waals surface area contributed by atoms with Crippen LogP contribution in [0, 0.1) is 24.5 Å². The molecule has 0 unspecified atom stereocenters. The molecule has 1 aliphatic carbocycles. The molecule has 1 aliphatic rings. The quantitative estimate of drug-likeness (QED) is 0.501. The van der Waals surface area contributed by atoms with Crippen molar-refractivity contribution < 1.29 is 13.6 Å². The summed E-state index contributed by atoms with van der Waals surface area (Å²) in [6, 6.07) is 13.6. The average Bonchev–Trinajstić information content (AvgIpc) is 3.46. The summed E-state index contributed by atoms with van der Waals surface area (Å²) in [6.07, 6.45) is 5.17. The van der Waals surface area contributed by atoms with Gasteiger partial charge in [0.25, 0.3) is 11.5 Å². The van der Waals surface area contributed by atoms with Gasteiger partial charge in [0.2, 0.25) is 0 Å². The Kier molecular flexibility index (Phi) is 4.89. The zero-order chi connectivity index (χ0) is 22.4. The van der Waals surface area contributed by atoms with Crippen molar-refractivity contribution in [3.63, 3.8) is 0 Å². The summed E-state index contributed by atoms with van der Waals surface area (Å²) >= 11 is 0. The first-order valence-corrected chi connectivity index (χ1v) is 10.5. The highest BCUT2D eigenvalue weighted by atomic mass is 19.1. The molecule has 1 atom stereocenters. The largest absolute Gasteiger partial charge is 0.345 e. The van der Waals surface area contributed by atoms with Crippen molar-refractivity contribution in [2.75, 3.05) is 0 Å². The standard InChI is InChI=1S/C25H21F2N3O2/c1-15-21(24(31)28-23(16-10-11-16)17-6-4-7-18(26)14-17)19-8-5-9-20(27)22(19)25(32)30(15)29-12-2-3-13-29/h2-9,12-14,16,23H,10-11H2,1H3,(H,28,31)/t23-/m0/s1. The molecule has 0 radical (unpaired) electrons. The van der Waals surface area contributed by atoms with Gasteiger partial charge in [-0.05, 0) is 61.6 Å². The summed E-state index contributed by atoms with van der Waals surface area (Å²) in [5.74, 6) is -1.28. The number of nitrogens with one attached hydrogen (secondary N) is 1. The normalized spacial score (nSPS) is 14.5. The minimum absolute atomic E-state index is 0.148. The van der Waals surface area contributed by atoms with Crippen LogP contribution in [-0.4, -0.2) is 15.3 Å². The summed E-state index contributed by atoms with van der Waals surface area (Å²) in [4.78, 5) is 26.7. The third-order valence-corrected chi connectivity index (χ3v) is 6.00. The maximum Gasteiger partial charge on any atom is 0.280 e. The number of carbonyl (C=O) groups excluding carboxylic acids is 1. The number of benzene rings is 2. The van der Waals surface area contributed by atoms with Crippen LogP contribution in [0.2, 0.25) is 0 Å². The van der Waals surface area contributed by atoms with Gasteiger partial charge in [0.1, 0.15) is 11.6 Å². The van der Waals surface area contributed by atoms with Crippen LogP contribution < -0.4 is 10.9 Å². The van der Waals surface area contributed by atoms with Crippen LogP contribution >= 0.6 is 0 Å². The molecule has 5 rings (SSSR count). The molecule has 2 aromatic heterocycles. The Hall–Kier alpha value is -3.74. The van der Waals surface area contributed by atoms with E-state index < -0.39 is 17.3 Å². The lowest BCUT2D eigenvalue weighted by atomic mass is 9.99. The van der Waals surface area contributed by atoms with Crippen molar-refractivity contribution >= 4 is 16.7 Å². The van der Waals surface area contributed by atoms with Crippen molar-refractivity contribution in [2.45, 2.75) is 25.8 Å². The number of carbonyl (C=O) groups is 1. The van der Waals surface area contributed by atoms with Crippen LogP contribution in [-0.2, 0) is 0 Å². The maximum atomic E-state index is 14.8. The third-order valence-electron chi connectivity index (χ3n) is 6.00. The minimum atomic E-state index is -0.689. The first kappa shape index (κ1) is 20.2. The number of hydrogen-bond acceptors (Lipinski definition) is 2. The lowest BCUT2D eigenvalue weighted by Gasteiger charge is -2.22. The van der Waals surface area contributed by atoms with Gasteiger partial charge in [-0.3, -0.25) is 14.3 Å². The summed E-state index contributed by atoms with van der Waals surface area (Å²) in [6.45, 7) is 1.66. The molecule has 32 heavy (non-hydrogen) atoms. The molecule has 1 N–H and O–H groups in total. The van der Waals surface area contributed by atoms with Gasteiger partial charge in [0.05, 0.1) is 22.7 Å². The molecular formula is C25H21F2N3O2. The number of nitrogens with zero attached hydrogens (tertiary/aromatic N) is 2. The molecule has 0 aliphatic heterocycles. The van der Waals surface area contributed by atoms with E-state index in [1.807, 2.05) is 0 Å². The third kappa shape index (κ3) is 3.39. The number of aromatic nitrogens is 2. The number of hydrogen-bond donors (Lipinski definition) is 1. The van der Waals surface area contributed by atoms with E-state index in [0.29, 0.717) is 11.3 Å². The maximum absolute atomic E-state index is 14.8. The topological polar surface area (TPSA) is 56.0 Å². The first-order chi connectivity index (χ1) is 15.5. The second-order valence-corrected chi connectivity index (χ2v) is 8.15. The van der Waals surface area contributed by atoms with Crippen molar-refractivity contribution in [3.8, 4) is 0 Å². The molecule has 1 fully saturated rings. The van der Waals surface area contributed by atoms with Crippen molar-refractivity contribution in [3.05, 3.63) is 106 Å². The zero-order valence-corrected chi connectivity index (χ0v) is 17.4.